The highest BCUT2D eigenvalue weighted by atomic mass is 35.5. The van der Waals surface area contributed by atoms with Crippen molar-refractivity contribution < 1.29 is 9.84 Å². The lowest BCUT2D eigenvalue weighted by Gasteiger charge is -2.08. The average molecular weight is 264 g/mol. The first kappa shape index (κ1) is 12.9. The van der Waals surface area contributed by atoms with E-state index in [0.29, 0.717) is 23.1 Å². The van der Waals surface area contributed by atoms with E-state index in [0.717, 1.165) is 11.1 Å². The van der Waals surface area contributed by atoms with E-state index in [2.05, 4.69) is 4.98 Å². The lowest BCUT2D eigenvalue weighted by atomic mass is 10.2. The Hall–Kier alpha value is -1.58. The van der Waals surface area contributed by atoms with Crippen LogP contribution >= 0.6 is 11.6 Å². The number of halogens is 1. The van der Waals surface area contributed by atoms with Crippen LogP contribution in [0, 0.1) is 6.92 Å². The Labute approximate surface area is 111 Å². The molecular weight excluding hydrogens is 250 g/mol. The van der Waals surface area contributed by atoms with Crippen LogP contribution in [0.25, 0.3) is 0 Å². The van der Waals surface area contributed by atoms with Crippen LogP contribution in [0.2, 0.25) is 5.02 Å². The molecule has 0 fully saturated rings. The van der Waals surface area contributed by atoms with Gasteiger partial charge in [-0.05, 0) is 30.7 Å². The van der Waals surface area contributed by atoms with Crippen molar-refractivity contribution in [2.45, 2.75) is 20.1 Å². The van der Waals surface area contributed by atoms with Crippen LogP contribution in [0.5, 0.6) is 5.75 Å². The summed E-state index contributed by atoms with van der Waals surface area (Å²) in [6, 6.07) is 9.37. The molecule has 3 nitrogen and oxygen atoms in total. The van der Waals surface area contributed by atoms with Gasteiger partial charge in [-0.1, -0.05) is 23.7 Å². The number of aryl methyl sites for hydroxylation is 1. The van der Waals surface area contributed by atoms with Crippen molar-refractivity contribution in [3.05, 3.63) is 58.4 Å². The number of aromatic nitrogens is 1. The minimum atomic E-state index is -0.0654. The van der Waals surface area contributed by atoms with E-state index < -0.39 is 0 Å². The number of hydrogen-bond donors (Lipinski definition) is 1. The standard InChI is InChI=1S/C14H14ClNO2/c1-10-2-3-11(14(15)6-10)9-18-13-5-4-12(8-17)16-7-13/h2-7,17H,8-9H2,1H3. The summed E-state index contributed by atoms with van der Waals surface area (Å²) < 4.78 is 5.58. The van der Waals surface area contributed by atoms with Gasteiger partial charge in [0, 0.05) is 10.6 Å². The zero-order valence-electron chi connectivity index (χ0n) is 10.1. The molecule has 0 radical (unpaired) electrons. The van der Waals surface area contributed by atoms with E-state index in [1.165, 1.54) is 0 Å². The van der Waals surface area contributed by atoms with Crippen LogP contribution < -0.4 is 4.74 Å². The van der Waals surface area contributed by atoms with E-state index in [4.69, 9.17) is 21.4 Å². The van der Waals surface area contributed by atoms with E-state index in [9.17, 15) is 0 Å². The van der Waals surface area contributed by atoms with Gasteiger partial charge in [0.2, 0.25) is 0 Å². The van der Waals surface area contributed by atoms with Crippen molar-refractivity contribution in [1.82, 2.24) is 4.98 Å². The molecule has 94 valence electrons. The van der Waals surface area contributed by atoms with Gasteiger partial charge in [0.05, 0.1) is 18.5 Å². The van der Waals surface area contributed by atoms with Crippen LogP contribution in [0.4, 0.5) is 0 Å². The quantitative estimate of drug-likeness (QED) is 0.922. The molecular formula is C14H14ClNO2. The van der Waals surface area contributed by atoms with Crippen molar-refractivity contribution in [2.75, 3.05) is 0 Å². The van der Waals surface area contributed by atoms with Gasteiger partial charge >= 0.3 is 0 Å². The smallest absolute Gasteiger partial charge is 0.138 e. The number of hydrogen-bond acceptors (Lipinski definition) is 3. The Morgan fingerprint density at radius 2 is 2.11 bits per heavy atom. The Kier molecular flexibility index (Phi) is 4.18. The predicted octanol–water partition coefficient (Wildman–Crippen LogP) is 3.11. The lowest BCUT2D eigenvalue weighted by molar-refractivity contribution is 0.275. The normalized spacial score (nSPS) is 10.4. The van der Waals surface area contributed by atoms with Crippen molar-refractivity contribution in [2.24, 2.45) is 0 Å². The summed E-state index contributed by atoms with van der Waals surface area (Å²) in [6.45, 7) is 2.33. The van der Waals surface area contributed by atoms with Gasteiger partial charge in [0.25, 0.3) is 0 Å². The molecule has 0 aliphatic rings. The third-order valence-electron chi connectivity index (χ3n) is 2.56. The van der Waals surface area contributed by atoms with E-state index in [-0.39, 0.29) is 6.61 Å². The number of rotatable bonds is 4. The molecule has 1 heterocycles. The van der Waals surface area contributed by atoms with Gasteiger partial charge in [-0.2, -0.15) is 0 Å². The van der Waals surface area contributed by atoms with Gasteiger partial charge < -0.3 is 9.84 Å². The van der Waals surface area contributed by atoms with Crippen LogP contribution in [0.1, 0.15) is 16.8 Å². The Balaban J connectivity index is 2.02. The summed E-state index contributed by atoms with van der Waals surface area (Å²) in [4.78, 5) is 4.04. The van der Waals surface area contributed by atoms with Crippen molar-refractivity contribution in [3.8, 4) is 5.75 Å². The van der Waals surface area contributed by atoms with Crippen molar-refractivity contribution >= 4 is 11.6 Å². The van der Waals surface area contributed by atoms with Crippen LogP contribution in [0.15, 0.2) is 36.5 Å². The molecule has 18 heavy (non-hydrogen) atoms. The molecule has 2 aromatic rings. The summed E-state index contributed by atoms with van der Waals surface area (Å²) >= 11 is 6.11. The fourth-order valence-electron chi connectivity index (χ4n) is 1.52. The van der Waals surface area contributed by atoms with E-state index in [1.807, 2.05) is 25.1 Å². The SMILES string of the molecule is Cc1ccc(COc2ccc(CO)nc2)c(Cl)c1. The zero-order chi connectivity index (χ0) is 13.0. The molecule has 1 aromatic heterocycles. The fourth-order valence-corrected chi connectivity index (χ4v) is 1.81. The second-order valence-electron chi connectivity index (χ2n) is 4.03. The summed E-state index contributed by atoms with van der Waals surface area (Å²) in [5, 5.41) is 9.58. The second kappa shape index (κ2) is 5.85. The van der Waals surface area contributed by atoms with Crippen LogP contribution in [-0.2, 0) is 13.2 Å². The first-order chi connectivity index (χ1) is 8.69. The monoisotopic (exact) mass is 263 g/mol. The third kappa shape index (κ3) is 3.22. The lowest BCUT2D eigenvalue weighted by Crippen LogP contribution is -1.98. The molecule has 4 heteroatoms. The maximum Gasteiger partial charge on any atom is 0.138 e. The highest BCUT2D eigenvalue weighted by Crippen LogP contribution is 2.20. The number of aliphatic hydroxyl groups excluding tert-OH is 1. The minimum absolute atomic E-state index is 0.0654. The Morgan fingerprint density at radius 3 is 2.72 bits per heavy atom. The highest BCUT2D eigenvalue weighted by molar-refractivity contribution is 6.31. The topological polar surface area (TPSA) is 42.4 Å². The number of pyridine rings is 1. The number of ether oxygens (including phenoxy) is 1. The molecule has 0 saturated carbocycles. The fraction of sp³-hybridized carbons (Fsp3) is 0.214. The second-order valence-corrected chi connectivity index (χ2v) is 4.43. The summed E-state index contributed by atoms with van der Waals surface area (Å²) in [5.41, 5.74) is 2.68. The van der Waals surface area contributed by atoms with Crippen molar-refractivity contribution in [3.63, 3.8) is 0 Å². The molecule has 0 aliphatic heterocycles. The Morgan fingerprint density at radius 1 is 1.28 bits per heavy atom. The van der Waals surface area contributed by atoms with E-state index >= 15 is 0 Å². The van der Waals surface area contributed by atoms with Gasteiger partial charge in [-0.3, -0.25) is 4.98 Å². The molecule has 2 rings (SSSR count). The summed E-state index contributed by atoms with van der Waals surface area (Å²) in [6.07, 6.45) is 1.59. The molecule has 1 N–H and O–H groups in total. The molecule has 0 spiro atoms. The number of benzene rings is 1. The van der Waals surface area contributed by atoms with Gasteiger partial charge in [-0.15, -0.1) is 0 Å². The Bertz CT molecular complexity index is 526. The number of nitrogens with zero attached hydrogens (tertiary/aromatic N) is 1. The third-order valence-corrected chi connectivity index (χ3v) is 2.91. The van der Waals surface area contributed by atoms with Crippen LogP contribution in [0.3, 0.4) is 0 Å². The predicted molar refractivity (Wildman–Crippen MR) is 70.7 cm³/mol. The van der Waals surface area contributed by atoms with Crippen molar-refractivity contribution in [1.29, 1.82) is 0 Å². The molecule has 0 aliphatic carbocycles. The first-order valence-corrected chi connectivity index (χ1v) is 6.00. The van der Waals surface area contributed by atoms with Gasteiger partial charge in [0.1, 0.15) is 12.4 Å². The molecule has 0 amide bonds. The molecule has 0 atom stereocenters. The summed E-state index contributed by atoms with van der Waals surface area (Å²) in [5.74, 6) is 0.656. The van der Waals surface area contributed by atoms with Crippen LogP contribution in [-0.4, -0.2) is 10.1 Å². The molecule has 1 aromatic carbocycles. The maximum atomic E-state index is 8.88. The summed E-state index contributed by atoms with van der Waals surface area (Å²) in [7, 11) is 0. The van der Waals surface area contributed by atoms with Gasteiger partial charge in [-0.25, -0.2) is 0 Å². The molecule has 0 bridgehead atoms. The zero-order valence-corrected chi connectivity index (χ0v) is 10.8. The van der Waals surface area contributed by atoms with E-state index in [1.54, 1.807) is 18.3 Å². The molecule has 0 unspecified atom stereocenters. The van der Waals surface area contributed by atoms with Gasteiger partial charge in [0.15, 0.2) is 0 Å². The number of aliphatic hydroxyl groups is 1. The minimum Gasteiger partial charge on any atom is -0.487 e. The largest absolute Gasteiger partial charge is 0.487 e. The average Bonchev–Trinajstić information content (AvgIpc) is 2.38. The first-order valence-electron chi connectivity index (χ1n) is 5.62. The highest BCUT2D eigenvalue weighted by Gasteiger charge is 2.02. The molecule has 0 saturated heterocycles. The maximum absolute atomic E-state index is 8.88.